The molecule has 1 fully saturated rings. The molecule has 1 aromatic heterocycles. The molecule has 8 nitrogen and oxygen atoms in total. The number of hydrogen-bond acceptors (Lipinski definition) is 7. The maximum absolute atomic E-state index is 11.4. The normalized spacial score (nSPS) is 15.9. The molecule has 0 atom stereocenters. The standard InChI is InChI=1S/C18H21N5O3/c1-13(24)22-4-6-23(7-5-22)18-9-17(20-11-21-18)19-10-14-2-3-15-16(8-14)26-12-25-15/h2-3,8-9,11H,4-7,10,12H2,1H3,(H,19,20,21). The molecule has 8 heteroatoms. The molecule has 1 aromatic carbocycles. The van der Waals surface area contributed by atoms with Crippen LogP contribution in [0.5, 0.6) is 11.5 Å². The predicted octanol–water partition coefficient (Wildman–Crippen LogP) is 1.49. The number of carbonyl (C=O) groups excluding carboxylic acids is 1. The molecule has 136 valence electrons. The lowest BCUT2D eigenvalue weighted by molar-refractivity contribution is -0.129. The van der Waals surface area contributed by atoms with Crippen molar-refractivity contribution < 1.29 is 14.3 Å². The zero-order valence-corrected chi connectivity index (χ0v) is 14.6. The molecule has 4 rings (SSSR count). The molecule has 0 spiro atoms. The largest absolute Gasteiger partial charge is 0.454 e. The molecule has 1 N–H and O–H groups in total. The van der Waals surface area contributed by atoms with Crippen LogP contribution >= 0.6 is 0 Å². The van der Waals surface area contributed by atoms with Crippen LogP contribution in [0.15, 0.2) is 30.6 Å². The molecule has 26 heavy (non-hydrogen) atoms. The Morgan fingerprint density at radius 2 is 1.92 bits per heavy atom. The summed E-state index contributed by atoms with van der Waals surface area (Å²) in [5, 5.41) is 3.32. The van der Waals surface area contributed by atoms with Crippen molar-refractivity contribution >= 4 is 17.5 Å². The van der Waals surface area contributed by atoms with Crippen molar-refractivity contribution in [3.05, 3.63) is 36.2 Å². The highest BCUT2D eigenvalue weighted by molar-refractivity contribution is 5.73. The number of fused-ring (bicyclic) bond motifs is 1. The van der Waals surface area contributed by atoms with Gasteiger partial charge in [0.2, 0.25) is 12.7 Å². The fraction of sp³-hybridized carbons (Fsp3) is 0.389. The minimum Gasteiger partial charge on any atom is -0.454 e. The van der Waals surface area contributed by atoms with Crippen molar-refractivity contribution in [3.8, 4) is 11.5 Å². The van der Waals surface area contributed by atoms with E-state index in [-0.39, 0.29) is 12.7 Å². The van der Waals surface area contributed by atoms with Crippen LogP contribution in [0.3, 0.4) is 0 Å². The summed E-state index contributed by atoms with van der Waals surface area (Å²) in [7, 11) is 0. The van der Waals surface area contributed by atoms with E-state index in [1.165, 1.54) is 0 Å². The Labute approximate surface area is 151 Å². The molecule has 2 aliphatic heterocycles. The maximum Gasteiger partial charge on any atom is 0.231 e. The van der Waals surface area contributed by atoms with E-state index in [1.54, 1.807) is 13.3 Å². The highest BCUT2D eigenvalue weighted by Gasteiger charge is 2.20. The van der Waals surface area contributed by atoms with E-state index in [1.807, 2.05) is 29.2 Å². The maximum atomic E-state index is 11.4. The number of benzene rings is 1. The molecule has 0 unspecified atom stereocenters. The average Bonchev–Trinajstić information content (AvgIpc) is 3.14. The first kappa shape index (κ1) is 16.4. The van der Waals surface area contributed by atoms with Crippen molar-refractivity contribution in [2.45, 2.75) is 13.5 Å². The third kappa shape index (κ3) is 3.49. The van der Waals surface area contributed by atoms with Gasteiger partial charge in [-0.25, -0.2) is 9.97 Å². The summed E-state index contributed by atoms with van der Waals surface area (Å²) in [6.07, 6.45) is 1.56. The van der Waals surface area contributed by atoms with Gasteiger partial charge < -0.3 is 24.6 Å². The third-order valence-corrected chi connectivity index (χ3v) is 4.61. The number of aromatic nitrogens is 2. The summed E-state index contributed by atoms with van der Waals surface area (Å²) in [4.78, 5) is 24.1. The quantitative estimate of drug-likeness (QED) is 0.890. The third-order valence-electron chi connectivity index (χ3n) is 4.61. The van der Waals surface area contributed by atoms with Crippen LogP contribution in [0.2, 0.25) is 0 Å². The number of amides is 1. The first-order valence-electron chi connectivity index (χ1n) is 8.64. The van der Waals surface area contributed by atoms with Gasteiger partial charge in [0.25, 0.3) is 0 Å². The predicted molar refractivity (Wildman–Crippen MR) is 96.4 cm³/mol. The number of rotatable bonds is 4. The fourth-order valence-electron chi connectivity index (χ4n) is 3.11. The van der Waals surface area contributed by atoms with Crippen LogP contribution in [-0.4, -0.2) is 53.7 Å². The Bertz CT molecular complexity index is 805. The number of ether oxygens (including phenoxy) is 2. The number of anilines is 2. The smallest absolute Gasteiger partial charge is 0.231 e. The van der Waals surface area contributed by atoms with Crippen molar-refractivity contribution in [1.29, 1.82) is 0 Å². The van der Waals surface area contributed by atoms with Crippen LogP contribution in [0.25, 0.3) is 0 Å². The van der Waals surface area contributed by atoms with Gasteiger partial charge in [-0.2, -0.15) is 0 Å². The SMILES string of the molecule is CC(=O)N1CCN(c2cc(NCc3ccc4c(c3)OCO4)ncn2)CC1. The van der Waals surface area contributed by atoms with Crippen LogP contribution < -0.4 is 19.7 Å². The van der Waals surface area contributed by atoms with E-state index in [4.69, 9.17) is 9.47 Å². The van der Waals surface area contributed by atoms with Gasteiger partial charge in [-0.3, -0.25) is 4.79 Å². The molecule has 2 aliphatic rings. The lowest BCUT2D eigenvalue weighted by Crippen LogP contribution is -2.48. The number of piperazine rings is 1. The van der Waals surface area contributed by atoms with E-state index in [2.05, 4.69) is 20.2 Å². The summed E-state index contributed by atoms with van der Waals surface area (Å²) in [6, 6.07) is 7.83. The molecule has 0 radical (unpaired) electrons. The van der Waals surface area contributed by atoms with Gasteiger partial charge in [-0.05, 0) is 17.7 Å². The van der Waals surface area contributed by atoms with Crippen molar-refractivity contribution in [2.24, 2.45) is 0 Å². The second-order valence-electron chi connectivity index (χ2n) is 6.30. The number of hydrogen-bond donors (Lipinski definition) is 1. The van der Waals surface area contributed by atoms with Gasteiger partial charge in [0, 0.05) is 45.7 Å². The van der Waals surface area contributed by atoms with Crippen molar-refractivity contribution in [1.82, 2.24) is 14.9 Å². The summed E-state index contributed by atoms with van der Waals surface area (Å²) >= 11 is 0. The molecule has 1 amide bonds. The Morgan fingerprint density at radius 3 is 2.73 bits per heavy atom. The molecule has 3 heterocycles. The minimum absolute atomic E-state index is 0.124. The lowest BCUT2D eigenvalue weighted by atomic mass is 10.2. The summed E-state index contributed by atoms with van der Waals surface area (Å²) in [5.41, 5.74) is 1.09. The first-order valence-corrected chi connectivity index (χ1v) is 8.64. The number of carbonyl (C=O) groups is 1. The lowest BCUT2D eigenvalue weighted by Gasteiger charge is -2.34. The average molecular weight is 355 g/mol. The number of nitrogens with one attached hydrogen (secondary N) is 1. The summed E-state index contributed by atoms with van der Waals surface area (Å²) < 4.78 is 10.7. The molecule has 2 aromatic rings. The molecule has 0 bridgehead atoms. The molecule has 1 saturated heterocycles. The van der Waals surface area contributed by atoms with Crippen molar-refractivity contribution in [3.63, 3.8) is 0 Å². The molecule has 0 aliphatic carbocycles. The molecule has 0 saturated carbocycles. The van der Waals surface area contributed by atoms with Gasteiger partial charge in [0.15, 0.2) is 11.5 Å². The Balaban J connectivity index is 1.38. The zero-order valence-electron chi connectivity index (χ0n) is 14.6. The monoisotopic (exact) mass is 355 g/mol. The van der Waals surface area contributed by atoms with Gasteiger partial charge in [-0.1, -0.05) is 6.07 Å². The van der Waals surface area contributed by atoms with Crippen LogP contribution in [-0.2, 0) is 11.3 Å². The van der Waals surface area contributed by atoms with E-state index in [9.17, 15) is 4.79 Å². The first-order chi connectivity index (χ1) is 12.7. The summed E-state index contributed by atoms with van der Waals surface area (Å²) in [5.74, 6) is 3.32. The molecular weight excluding hydrogens is 334 g/mol. The Morgan fingerprint density at radius 1 is 1.12 bits per heavy atom. The molecular formula is C18H21N5O3. The summed E-state index contributed by atoms with van der Waals surface area (Å²) in [6.45, 7) is 5.51. The van der Waals surface area contributed by atoms with E-state index in [0.717, 1.165) is 54.9 Å². The van der Waals surface area contributed by atoms with E-state index in [0.29, 0.717) is 6.54 Å². The highest BCUT2D eigenvalue weighted by Crippen LogP contribution is 2.32. The van der Waals surface area contributed by atoms with Gasteiger partial charge in [0.1, 0.15) is 18.0 Å². The topological polar surface area (TPSA) is 79.8 Å². The fourth-order valence-corrected chi connectivity index (χ4v) is 3.11. The minimum atomic E-state index is 0.124. The van der Waals surface area contributed by atoms with Crippen LogP contribution in [0.4, 0.5) is 11.6 Å². The Hall–Kier alpha value is -3.03. The second-order valence-corrected chi connectivity index (χ2v) is 6.30. The van der Waals surface area contributed by atoms with Gasteiger partial charge >= 0.3 is 0 Å². The van der Waals surface area contributed by atoms with Gasteiger partial charge in [-0.15, -0.1) is 0 Å². The van der Waals surface area contributed by atoms with E-state index < -0.39 is 0 Å². The zero-order chi connectivity index (χ0) is 17.9. The van der Waals surface area contributed by atoms with Crippen LogP contribution in [0.1, 0.15) is 12.5 Å². The van der Waals surface area contributed by atoms with Crippen molar-refractivity contribution in [2.75, 3.05) is 43.2 Å². The highest BCUT2D eigenvalue weighted by atomic mass is 16.7. The Kier molecular flexibility index (Phi) is 4.47. The van der Waals surface area contributed by atoms with Gasteiger partial charge in [0.05, 0.1) is 0 Å². The number of nitrogens with zero attached hydrogens (tertiary/aromatic N) is 4. The second kappa shape index (κ2) is 7.07. The van der Waals surface area contributed by atoms with Crippen LogP contribution in [0, 0.1) is 0 Å². The van der Waals surface area contributed by atoms with E-state index >= 15 is 0 Å².